The van der Waals surface area contributed by atoms with Crippen LogP contribution < -0.4 is 4.80 Å². The second-order valence-corrected chi connectivity index (χ2v) is 6.81. The molecule has 25 heavy (non-hydrogen) atoms. The molecular weight excluding hydrogens is 333 g/mol. The van der Waals surface area contributed by atoms with E-state index in [1.165, 1.54) is 17.4 Å². The molecule has 0 saturated heterocycles. The highest BCUT2D eigenvalue weighted by Crippen LogP contribution is 2.23. The van der Waals surface area contributed by atoms with Crippen LogP contribution in [0.25, 0.3) is 11.3 Å². The monoisotopic (exact) mass is 353 g/mol. The Kier molecular flexibility index (Phi) is 5.24. The van der Waals surface area contributed by atoms with Gasteiger partial charge in [0, 0.05) is 17.0 Å². The van der Waals surface area contributed by atoms with E-state index in [9.17, 15) is 4.39 Å². The van der Waals surface area contributed by atoms with Crippen molar-refractivity contribution < 1.29 is 4.39 Å². The summed E-state index contributed by atoms with van der Waals surface area (Å²) in [5.41, 5.74) is 3.10. The number of hydrogen-bond acceptors (Lipinski definition) is 3. The predicted molar refractivity (Wildman–Crippen MR) is 102 cm³/mol. The van der Waals surface area contributed by atoms with Crippen molar-refractivity contribution in [2.45, 2.75) is 26.8 Å². The summed E-state index contributed by atoms with van der Waals surface area (Å²) in [5.74, 6) is -0.266. The molecule has 0 atom stereocenters. The van der Waals surface area contributed by atoms with Gasteiger partial charge in [-0.15, -0.1) is 11.3 Å². The first-order valence-corrected chi connectivity index (χ1v) is 9.04. The second kappa shape index (κ2) is 7.57. The average Bonchev–Trinajstić information content (AvgIpc) is 2.98. The van der Waals surface area contributed by atoms with Crippen LogP contribution in [-0.4, -0.2) is 16.4 Å². The molecule has 0 aliphatic heterocycles. The molecule has 5 heteroatoms. The summed E-state index contributed by atoms with van der Waals surface area (Å²) in [5, 5.41) is 6.65. The molecule has 2 aromatic carbocycles. The summed E-state index contributed by atoms with van der Waals surface area (Å²) < 4.78 is 16.0. The molecular formula is C20H20FN3S. The van der Waals surface area contributed by atoms with Crippen molar-refractivity contribution in [2.24, 2.45) is 10.1 Å². The van der Waals surface area contributed by atoms with Gasteiger partial charge in [-0.05, 0) is 38.5 Å². The van der Waals surface area contributed by atoms with Crippen LogP contribution in [-0.2, 0) is 0 Å². The van der Waals surface area contributed by atoms with Crippen molar-refractivity contribution in [1.29, 1.82) is 0 Å². The number of thiazole rings is 1. The highest BCUT2D eigenvalue weighted by molar-refractivity contribution is 7.07. The standard InChI is InChI=1S/C20H20FN3S/c1-14(2)22-20-24(23-15(3)16-9-5-4-6-10-16)19(13-25-20)17-11-7-8-12-18(17)21/h4-14H,1-3H3. The largest absolute Gasteiger partial charge is 0.255 e. The fourth-order valence-corrected chi connectivity index (χ4v) is 3.40. The number of aromatic nitrogens is 1. The summed E-state index contributed by atoms with van der Waals surface area (Å²) in [6, 6.07) is 16.8. The Balaban J connectivity index is 2.20. The Labute approximate surface area is 150 Å². The van der Waals surface area contributed by atoms with Crippen molar-refractivity contribution in [3.05, 3.63) is 76.2 Å². The third-order valence-corrected chi connectivity index (χ3v) is 4.48. The molecule has 3 aromatic rings. The SMILES string of the molecule is CC(=Nn1c(-c2ccccc2F)csc1=NC(C)C)c1ccccc1. The number of nitrogens with zero attached hydrogens (tertiary/aromatic N) is 3. The Morgan fingerprint density at radius 2 is 1.72 bits per heavy atom. The zero-order valence-electron chi connectivity index (χ0n) is 14.5. The fraction of sp³-hybridized carbons (Fsp3) is 0.200. The van der Waals surface area contributed by atoms with Crippen LogP contribution in [0.1, 0.15) is 26.3 Å². The lowest BCUT2D eigenvalue weighted by Crippen LogP contribution is -2.16. The number of halogens is 1. The van der Waals surface area contributed by atoms with E-state index in [0.717, 1.165) is 16.1 Å². The van der Waals surface area contributed by atoms with Crippen molar-refractivity contribution in [2.75, 3.05) is 0 Å². The van der Waals surface area contributed by atoms with Crippen LogP contribution in [0.15, 0.2) is 70.1 Å². The van der Waals surface area contributed by atoms with Crippen LogP contribution in [0, 0.1) is 5.82 Å². The Hall–Kier alpha value is -2.53. The van der Waals surface area contributed by atoms with E-state index >= 15 is 0 Å². The number of benzene rings is 2. The molecule has 0 spiro atoms. The minimum Gasteiger partial charge on any atom is -0.255 e. The molecule has 1 aromatic heterocycles. The molecule has 0 unspecified atom stereocenters. The van der Waals surface area contributed by atoms with Crippen LogP contribution >= 0.6 is 11.3 Å². The Morgan fingerprint density at radius 1 is 1.04 bits per heavy atom. The summed E-state index contributed by atoms with van der Waals surface area (Å²) in [7, 11) is 0. The maximum atomic E-state index is 14.3. The average molecular weight is 353 g/mol. The topological polar surface area (TPSA) is 29.6 Å². The molecule has 1 heterocycles. The van der Waals surface area contributed by atoms with Gasteiger partial charge in [0.05, 0.1) is 11.4 Å². The van der Waals surface area contributed by atoms with Crippen LogP contribution in [0.3, 0.4) is 0 Å². The molecule has 0 N–H and O–H groups in total. The van der Waals surface area contributed by atoms with E-state index in [1.54, 1.807) is 16.8 Å². The van der Waals surface area contributed by atoms with E-state index in [0.29, 0.717) is 11.3 Å². The predicted octanol–water partition coefficient (Wildman–Crippen LogP) is 4.94. The first kappa shape index (κ1) is 17.3. The van der Waals surface area contributed by atoms with Crippen LogP contribution in [0.5, 0.6) is 0 Å². The van der Waals surface area contributed by atoms with E-state index in [-0.39, 0.29) is 11.9 Å². The van der Waals surface area contributed by atoms with E-state index in [1.807, 2.05) is 62.5 Å². The van der Waals surface area contributed by atoms with Gasteiger partial charge < -0.3 is 0 Å². The summed E-state index contributed by atoms with van der Waals surface area (Å²) in [6.45, 7) is 5.98. The molecule has 0 fully saturated rings. The zero-order valence-corrected chi connectivity index (χ0v) is 15.3. The van der Waals surface area contributed by atoms with Gasteiger partial charge in [0.15, 0.2) is 0 Å². The lowest BCUT2D eigenvalue weighted by molar-refractivity contribution is 0.628. The van der Waals surface area contributed by atoms with Gasteiger partial charge in [0.1, 0.15) is 5.82 Å². The van der Waals surface area contributed by atoms with Gasteiger partial charge in [0.2, 0.25) is 4.80 Å². The third-order valence-electron chi connectivity index (χ3n) is 3.65. The molecule has 3 rings (SSSR count). The number of rotatable bonds is 4. The highest BCUT2D eigenvalue weighted by atomic mass is 32.1. The van der Waals surface area contributed by atoms with Gasteiger partial charge in [-0.3, -0.25) is 4.99 Å². The van der Waals surface area contributed by atoms with Crippen LogP contribution in [0.2, 0.25) is 0 Å². The Bertz CT molecular complexity index is 952. The molecule has 3 nitrogen and oxygen atoms in total. The maximum absolute atomic E-state index is 14.3. The minimum absolute atomic E-state index is 0.130. The van der Waals surface area contributed by atoms with E-state index in [2.05, 4.69) is 4.99 Å². The summed E-state index contributed by atoms with van der Waals surface area (Å²) in [4.78, 5) is 5.39. The smallest absolute Gasteiger partial charge is 0.206 e. The maximum Gasteiger partial charge on any atom is 0.206 e. The lowest BCUT2D eigenvalue weighted by Gasteiger charge is -2.07. The van der Waals surface area contributed by atoms with E-state index in [4.69, 9.17) is 5.10 Å². The summed E-state index contributed by atoms with van der Waals surface area (Å²) >= 11 is 1.47. The van der Waals surface area contributed by atoms with Gasteiger partial charge in [-0.1, -0.05) is 42.5 Å². The highest BCUT2D eigenvalue weighted by Gasteiger charge is 2.12. The lowest BCUT2D eigenvalue weighted by atomic mass is 10.1. The fourth-order valence-electron chi connectivity index (χ4n) is 2.45. The molecule has 0 aliphatic rings. The minimum atomic E-state index is -0.266. The van der Waals surface area contributed by atoms with Crippen LogP contribution in [0.4, 0.5) is 4.39 Å². The normalized spacial score (nSPS) is 12.8. The quantitative estimate of drug-likeness (QED) is 0.595. The van der Waals surface area contributed by atoms with Gasteiger partial charge in [0.25, 0.3) is 0 Å². The third kappa shape index (κ3) is 3.94. The molecule has 0 amide bonds. The molecule has 0 bridgehead atoms. The molecule has 128 valence electrons. The first-order chi connectivity index (χ1) is 12.1. The van der Waals surface area contributed by atoms with Crippen molar-refractivity contribution in [3.8, 4) is 11.3 Å². The van der Waals surface area contributed by atoms with Gasteiger partial charge in [-0.2, -0.15) is 5.10 Å². The van der Waals surface area contributed by atoms with E-state index < -0.39 is 0 Å². The second-order valence-electron chi connectivity index (χ2n) is 5.97. The summed E-state index contributed by atoms with van der Waals surface area (Å²) in [6.07, 6.45) is 0. The van der Waals surface area contributed by atoms with Crippen molar-refractivity contribution in [3.63, 3.8) is 0 Å². The molecule has 0 aliphatic carbocycles. The van der Waals surface area contributed by atoms with Gasteiger partial charge in [-0.25, -0.2) is 9.07 Å². The zero-order chi connectivity index (χ0) is 17.8. The van der Waals surface area contributed by atoms with Crippen molar-refractivity contribution in [1.82, 2.24) is 4.68 Å². The molecule has 0 saturated carbocycles. The first-order valence-electron chi connectivity index (χ1n) is 8.16. The van der Waals surface area contributed by atoms with Gasteiger partial charge >= 0.3 is 0 Å². The molecule has 0 radical (unpaired) electrons. The Morgan fingerprint density at radius 3 is 2.40 bits per heavy atom. The number of hydrogen-bond donors (Lipinski definition) is 0. The van der Waals surface area contributed by atoms with Crippen molar-refractivity contribution >= 4 is 17.0 Å².